The molecule has 3 rings (SSSR count). The van der Waals surface area contributed by atoms with E-state index >= 15 is 0 Å². The van der Waals surface area contributed by atoms with Gasteiger partial charge in [0.15, 0.2) is 11.7 Å². The number of benzene rings is 1. The number of hydrogen-bond acceptors (Lipinski definition) is 4. The maximum Gasteiger partial charge on any atom is 0.220 e. The van der Waals surface area contributed by atoms with E-state index in [4.69, 9.17) is 4.42 Å². The number of nitrogens with zero attached hydrogens (tertiary/aromatic N) is 1. The summed E-state index contributed by atoms with van der Waals surface area (Å²) >= 11 is 0. The van der Waals surface area contributed by atoms with Crippen LogP contribution in [-0.4, -0.2) is 28.1 Å². The third-order valence-electron chi connectivity index (χ3n) is 4.08. The quantitative estimate of drug-likeness (QED) is 0.858. The van der Waals surface area contributed by atoms with Crippen LogP contribution in [0.25, 0.3) is 11.3 Å². The molecular weight excluding hydrogens is 280 g/mol. The second-order valence-corrected chi connectivity index (χ2v) is 5.84. The molecule has 1 fully saturated rings. The van der Waals surface area contributed by atoms with Crippen LogP contribution in [0.4, 0.5) is 0 Å². The van der Waals surface area contributed by atoms with Crippen LogP contribution in [0.15, 0.2) is 40.9 Å². The summed E-state index contributed by atoms with van der Waals surface area (Å²) in [5.41, 5.74) is 0.289. The number of nitrogens with one attached hydrogen (secondary N) is 1. The molecule has 0 radical (unpaired) electrons. The van der Waals surface area contributed by atoms with Crippen LogP contribution in [-0.2, 0) is 11.2 Å². The van der Waals surface area contributed by atoms with Gasteiger partial charge in [0, 0.05) is 24.9 Å². The Labute approximate surface area is 129 Å². The zero-order valence-electron chi connectivity index (χ0n) is 12.4. The van der Waals surface area contributed by atoms with E-state index in [0.717, 1.165) is 24.8 Å². The highest BCUT2D eigenvalue weighted by Gasteiger charge is 2.34. The Balaban J connectivity index is 1.47. The van der Waals surface area contributed by atoms with Crippen LogP contribution in [0, 0.1) is 0 Å². The van der Waals surface area contributed by atoms with E-state index in [2.05, 4.69) is 10.3 Å². The molecule has 22 heavy (non-hydrogen) atoms. The van der Waals surface area contributed by atoms with Crippen molar-refractivity contribution in [3.05, 3.63) is 42.4 Å². The van der Waals surface area contributed by atoms with Gasteiger partial charge in [-0.3, -0.25) is 4.79 Å². The minimum Gasteiger partial charge on any atom is -0.441 e. The fourth-order valence-corrected chi connectivity index (χ4v) is 2.50. The number of aromatic nitrogens is 1. The molecule has 1 aromatic carbocycles. The molecule has 5 nitrogen and oxygen atoms in total. The maximum atomic E-state index is 11.8. The molecule has 1 saturated carbocycles. The van der Waals surface area contributed by atoms with Gasteiger partial charge in [-0.1, -0.05) is 30.3 Å². The van der Waals surface area contributed by atoms with Crippen molar-refractivity contribution < 1.29 is 14.3 Å². The third kappa shape index (κ3) is 3.54. The first-order valence-electron chi connectivity index (χ1n) is 7.64. The zero-order chi connectivity index (χ0) is 15.4. The Morgan fingerprint density at radius 3 is 2.77 bits per heavy atom. The number of rotatable bonds is 6. The summed E-state index contributed by atoms with van der Waals surface area (Å²) in [6.07, 6.45) is 5.02. The SMILES string of the molecule is O=C(CCc1ncc(-c2ccccc2)o1)NCC1(O)CCC1. The maximum absolute atomic E-state index is 11.8. The lowest BCUT2D eigenvalue weighted by atomic mass is 9.80. The Morgan fingerprint density at radius 1 is 1.32 bits per heavy atom. The molecule has 2 aromatic rings. The lowest BCUT2D eigenvalue weighted by Gasteiger charge is -2.36. The van der Waals surface area contributed by atoms with Gasteiger partial charge in [0.1, 0.15) is 0 Å². The van der Waals surface area contributed by atoms with Gasteiger partial charge < -0.3 is 14.8 Å². The number of carbonyl (C=O) groups excluding carboxylic acids is 1. The van der Waals surface area contributed by atoms with Crippen LogP contribution >= 0.6 is 0 Å². The van der Waals surface area contributed by atoms with Crippen LogP contribution in [0.3, 0.4) is 0 Å². The second kappa shape index (κ2) is 6.32. The first kappa shape index (κ1) is 14.8. The molecule has 1 aliphatic carbocycles. The van der Waals surface area contributed by atoms with Crippen molar-refractivity contribution >= 4 is 5.91 Å². The lowest BCUT2D eigenvalue weighted by molar-refractivity contribution is -0.123. The summed E-state index contributed by atoms with van der Waals surface area (Å²) in [6.45, 7) is 0.340. The van der Waals surface area contributed by atoms with Gasteiger partial charge in [-0.05, 0) is 19.3 Å². The van der Waals surface area contributed by atoms with Crippen molar-refractivity contribution in [3.63, 3.8) is 0 Å². The molecule has 0 bridgehead atoms. The van der Waals surface area contributed by atoms with Gasteiger partial charge in [-0.2, -0.15) is 0 Å². The van der Waals surface area contributed by atoms with E-state index < -0.39 is 5.60 Å². The first-order chi connectivity index (χ1) is 10.6. The van der Waals surface area contributed by atoms with Gasteiger partial charge in [0.25, 0.3) is 0 Å². The second-order valence-electron chi connectivity index (χ2n) is 5.84. The highest BCUT2D eigenvalue weighted by Crippen LogP contribution is 2.30. The van der Waals surface area contributed by atoms with E-state index in [1.165, 1.54) is 0 Å². The van der Waals surface area contributed by atoms with E-state index in [1.807, 2.05) is 30.3 Å². The average molecular weight is 300 g/mol. The molecule has 0 unspecified atom stereocenters. The Morgan fingerprint density at radius 2 is 2.09 bits per heavy atom. The van der Waals surface area contributed by atoms with Crippen molar-refractivity contribution in [2.75, 3.05) is 6.54 Å². The molecule has 0 spiro atoms. The van der Waals surface area contributed by atoms with Gasteiger partial charge in [0.05, 0.1) is 11.8 Å². The minimum atomic E-state index is -0.681. The highest BCUT2D eigenvalue weighted by atomic mass is 16.4. The van der Waals surface area contributed by atoms with Crippen molar-refractivity contribution in [1.29, 1.82) is 0 Å². The Hall–Kier alpha value is -2.14. The van der Waals surface area contributed by atoms with E-state index in [1.54, 1.807) is 6.20 Å². The van der Waals surface area contributed by atoms with Gasteiger partial charge in [-0.15, -0.1) is 0 Å². The van der Waals surface area contributed by atoms with Crippen molar-refractivity contribution in [1.82, 2.24) is 10.3 Å². The van der Waals surface area contributed by atoms with Crippen molar-refractivity contribution in [3.8, 4) is 11.3 Å². The zero-order valence-corrected chi connectivity index (χ0v) is 12.4. The smallest absolute Gasteiger partial charge is 0.220 e. The summed E-state index contributed by atoms with van der Waals surface area (Å²) in [4.78, 5) is 16.0. The van der Waals surface area contributed by atoms with E-state index in [-0.39, 0.29) is 5.91 Å². The van der Waals surface area contributed by atoms with Gasteiger partial charge >= 0.3 is 0 Å². The van der Waals surface area contributed by atoms with Crippen molar-refractivity contribution in [2.45, 2.75) is 37.7 Å². The number of oxazole rings is 1. The fraction of sp³-hybridized carbons (Fsp3) is 0.412. The molecule has 0 atom stereocenters. The number of aliphatic hydroxyl groups is 1. The topological polar surface area (TPSA) is 75.4 Å². The monoisotopic (exact) mass is 300 g/mol. The molecule has 0 saturated heterocycles. The average Bonchev–Trinajstić information content (AvgIpc) is 2.99. The molecule has 1 aliphatic rings. The van der Waals surface area contributed by atoms with Crippen molar-refractivity contribution in [2.24, 2.45) is 0 Å². The summed E-state index contributed by atoms with van der Waals surface area (Å²) in [5.74, 6) is 1.18. The summed E-state index contributed by atoms with van der Waals surface area (Å²) in [5, 5.41) is 12.7. The largest absolute Gasteiger partial charge is 0.441 e. The molecule has 1 aromatic heterocycles. The highest BCUT2D eigenvalue weighted by molar-refractivity contribution is 5.76. The minimum absolute atomic E-state index is 0.0835. The van der Waals surface area contributed by atoms with Crippen LogP contribution < -0.4 is 5.32 Å². The van der Waals surface area contributed by atoms with Crippen LogP contribution in [0.5, 0.6) is 0 Å². The van der Waals surface area contributed by atoms with Crippen LogP contribution in [0.2, 0.25) is 0 Å². The van der Waals surface area contributed by atoms with Gasteiger partial charge in [-0.25, -0.2) is 4.98 Å². The summed E-state index contributed by atoms with van der Waals surface area (Å²) in [7, 11) is 0. The molecule has 1 amide bonds. The normalized spacial score (nSPS) is 16.0. The number of carbonyl (C=O) groups is 1. The molecule has 0 aliphatic heterocycles. The predicted octanol–water partition coefficient (Wildman–Crippen LogP) is 2.31. The third-order valence-corrected chi connectivity index (χ3v) is 4.08. The molecule has 1 heterocycles. The Bertz CT molecular complexity index is 632. The molecule has 116 valence electrons. The number of hydrogen-bond donors (Lipinski definition) is 2. The van der Waals surface area contributed by atoms with E-state index in [9.17, 15) is 9.90 Å². The summed E-state index contributed by atoms with van der Waals surface area (Å²) < 4.78 is 5.66. The molecule has 2 N–H and O–H groups in total. The number of aryl methyl sites for hydroxylation is 1. The van der Waals surface area contributed by atoms with E-state index in [0.29, 0.717) is 31.0 Å². The van der Waals surface area contributed by atoms with Gasteiger partial charge in [0.2, 0.25) is 5.91 Å². The standard InChI is InChI=1S/C17H20N2O3/c20-15(19-12-17(21)9-4-10-17)7-8-16-18-11-14(22-16)13-5-2-1-3-6-13/h1-3,5-6,11,21H,4,7-10,12H2,(H,19,20). The molecule has 5 heteroatoms. The van der Waals surface area contributed by atoms with Crippen LogP contribution in [0.1, 0.15) is 31.6 Å². The predicted molar refractivity (Wildman–Crippen MR) is 82.1 cm³/mol. The first-order valence-corrected chi connectivity index (χ1v) is 7.64. The summed E-state index contributed by atoms with van der Waals surface area (Å²) in [6, 6.07) is 9.74. The number of amides is 1. The molecular formula is C17H20N2O3. The fourth-order valence-electron chi connectivity index (χ4n) is 2.50. The lowest BCUT2D eigenvalue weighted by Crippen LogP contribution is -2.47. The Kier molecular flexibility index (Phi) is 4.24.